The molecule has 0 spiro atoms. The number of anilines is 1. The molecule has 2 atom stereocenters. The van der Waals surface area contributed by atoms with E-state index in [-0.39, 0.29) is 6.10 Å². The molecular weight excluding hydrogens is 352 g/mol. The Morgan fingerprint density at radius 2 is 2.11 bits per heavy atom. The first kappa shape index (κ1) is 20.2. The number of rotatable bonds is 6. The van der Waals surface area contributed by atoms with Crippen molar-refractivity contribution in [3.63, 3.8) is 0 Å². The quantitative estimate of drug-likeness (QED) is 0.592. The van der Waals surface area contributed by atoms with Crippen molar-refractivity contribution < 1.29 is 4.74 Å². The van der Waals surface area contributed by atoms with Crippen LogP contribution in [0.4, 0.5) is 5.69 Å². The Morgan fingerprint density at radius 1 is 1.32 bits per heavy atom. The number of benzene rings is 1. The molecule has 1 saturated heterocycles. The number of aliphatic imine (C=N–C) groups is 1. The van der Waals surface area contributed by atoms with Gasteiger partial charge in [-0.3, -0.25) is 9.67 Å². The van der Waals surface area contributed by atoms with Crippen molar-refractivity contribution in [3.8, 4) is 0 Å². The van der Waals surface area contributed by atoms with Crippen molar-refractivity contribution >= 4 is 11.6 Å². The SMILES string of the molecule is CN=C(NCC(Nc1ccccc1)C(C)C)N1CCOC(c2cnn(C)c2)C1. The maximum absolute atomic E-state index is 5.95. The molecule has 7 heteroatoms. The van der Waals surface area contributed by atoms with Crippen LogP contribution < -0.4 is 10.6 Å². The molecule has 1 aromatic carbocycles. The molecule has 1 aliphatic rings. The van der Waals surface area contributed by atoms with E-state index in [0.717, 1.165) is 36.8 Å². The molecule has 0 radical (unpaired) electrons. The van der Waals surface area contributed by atoms with Crippen LogP contribution in [0.25, 0.3) is 0 Å². The fraction of sp³-hybridized carbons (Fsp3) is 0.524. The topological polar surface area (TPSA) is 66.7 Å². The molecule has 7 nitrogen and oxygen atoms in total. The van der Waals surface area contributed by atoms with E-state index in [1.165, 1.54) is 0 Å². The van der Waals surface area contributed by atoms with Crippen LogP contribution in [0.1, 0.15) is 25.5 Å². The van der Waals surface area contributed by atoms with E-state index >= 15 is 0 Å². The Kier molecular flexibility index (Phi) is 6.92. The van der Waals surface area contributed by atoms with Gasteiger partial charge in [-0.15, -0.1) is 0 Å². The van der Waals surface area contributed by atoms with Gasteiger partial charge in [0.25, 0.3) is 0 Å². The lowest BCUT2D eigenvalue weighted by molar-refractivity contribution is -0.00804. The van der Waals surface area contributed by atoms with Gasteiger partial charge in [0, 0.05) is 50.7 Å². The van der Waals surface area contributed by atoms with E-state index in [0.29, 0.717) is 18.6 Å². The van der Waals surface area contributed by atoms with E-state index < -0.39 is 0 Å². The van der Waals surface area contributed by atoms with E-state index in [9.17, 15) is 0 Å². The molecule has 2 N–H and O–H groups in total. The summed E-state index contributed by atoms with van der Waals surface area (Å²) < 4.78 is 7.77. The van der Waals surface area contributed by atoms with E-state index in [1.54, 1.807) is 0 Å². The van der Waals surface area contributed by atoms with Crippen LogP contribution in [0.3, 0.4) is 0 Å². The second kappa shape index (κ2) is 9.59. The Hall–Kier alpha value is -2.54. The number of guanidine groups is 1. The van der Waals surface area contributed by atoms with Crippen LogP contribution >= 0.6 is 0 Å². The molecule has 1 aliphatic heterocycles. The predicted molar refractivity (Wildman–Crippen MR) is 114 cm³/mol. The van der Waals surface area contributed by atoms with Gasteiger partial charge < -0.3 is 20.3 Å². The first-order chi connectivity index (χ1) is 13.6. The Morgan fingerprint density at radius 3 is 2.75 bits per heavy atom. The van der Waals surface area contributed by atoms with Crippen LogP contribution in [-0.4, -0.2) is 60.0 Å². The number of nitrogens with zero attached hydrogens (tertiary/aromatic N) is 4. The average molecular weight is 385 g/mol. The van der Waals surface area contributed by atoms with Crippen molar-refractivity contribution in [2.24, 2.45) is 18.0 Å². The highest BCUT2D eigenvalue weighted by molar-refractivity contribution is 5.80. The largest absolute Gasteiger partial charge is 0.380 e. The number of ether oxygens (including phenoxy) is 1. The predicted octanol–water partition coefficient (Wildman–Crippen LogP) is 2.51. The lowest BCUT2D eigenvalue weighted by atomic mass is 10.0. The maximum Gasteiger partial charge on any atom is 0.193 e. The van der Waals surface area contributed by atoms with E-state index in [1.807, 2.05) is 37.2 Å². The third kappa shape index (κ3) is 5.25. The molecule has 1 aromatic heterocycles. The van der Waals surface area contributed by atoms with Gasteiger partial charge in [-0.1, -0.05) is 32.0 Å². The molecular formula is C21H32N6O. The molecule has 2 unspecified atom stereocenters. The van der Waals surface area contributed by atoms with Crippen molar-refractivity contribution in [2.45, 2.75) is 26.0 Å². The van der Waals surface area contributed by atoms with Gasteiger partial charge >= 0.3 is 0 Å². The Balaban J connectivity index is 1.59. The van der Waals surface area contributed by atoms with Crippen LogP contribution in [0.5, 0.6) is 0 Å². The molecule has 152 valence electrons. The maximum atomic E-state index is 5.95. The summed E-state index contributed by atoms with van der Waals surface area (Å²) in [6.45, 7) is 7.54. The van der Waals surface area contributed by atoms with Gasteiger partial charge in [-0.2, -0.15) is 5.10 Å². The highest BCUT2D eigenvalue weighted by Gasteiger charge is 2.25. The number of aromatic nitrogens is 2. The van der Waals surface area contributed by atoms with Crippen molar-refractivity contribution in [1.82, 2.24) is 20.0 Å². The number of para-hydroxylation sites is 1. The molecule has 1 fully saturated rings. The van der Waals surface area contributed by atoms with E-state index in [4.69, 9.17) is 4.74 Å². The van der Waals surface area contributed by atoms with Crippen LogP contribution in [-0.2, 0) is 11.8 Å². The lowest BCUT2D eigenvalue weighted by Gasteiger charge is -2.35. The second-order valence-electron chi connectivity index (χ2n) is 7.54. The summed E-state index contributed by atoms with van der Waals surface area (Å²) in [5, 5.41) is 11.4. The summed E-state index contributed by atoms with van der Waals surface area (Å²) >= 11 is 0. The lowest BCUT2D eigenvalue weighted by Crippen LogP contribution is -2.50. The van der Waals surface area contributed by atoms with Crippen molar-refractivity contribution in [2.75, 3.05) is 38.6 Å². The van der Waals surface area contributed by atoms with Crippen LogP contribution in [0.15, 0.2) is 47.7 Å². The zero-order valence-corrected chi connectivity index (χ0v) is 17.3. The standard InChI is InChI=1S/C21H32N6O/c1-16(2)19(25-18-8-6-5-7-9-18)13-23-21(22-3)27-10-11-28-20(15-27)17-12-24-26(4)14-17/h5-9,12,14,16,19-20,25H,10-11,13,15H2,1-4H3,(H,22,23). The molecule has 0 amide bonds. The molecule has 2 heterocycles. The van der Waals surface area contributed by atoms with Crippen LogP contribution in [0, 0.1) is 5.92 Å². The minimum atomic E-state index is 0.0179. The highest BCUT2D eigenvalue weighted by Crippen LogP contribution is 2.21. The minimum absolute atomic E-state index is 0.0179. The number of nitrogens with one attached hydrogen (secondary N) is 2. The molecule has 0 bridgehead atoms. The molecule has 0 saturated carbocycles. The monoisotopic (exact) mass is 384 g/mol. The third-order valence-electron chi connectivity index (χ3n) is 5.09. The van der Waals surface area contributed by atoms with Crippen molar-refractivity contribution in [1.29, 1.82) is 0 Å². The van der Waals surface area contributed by atoms with Gasteiger partial charge in [0.05, 0.1) is 19.3 Å². The number of hydrogen-bond acceptors (Lipinski definition) is 4. The molecule has 0 aliphatic carbocycles. The van der Waals surface area contributed by atoms with Gasteiger partial charge in [-0.25, -0.2) is 0 Å². The summed E-state index contributed by atoms with van der Waals surface area (Å²) in [4.78, 5) is 6.78. The summed E-state index contributed by atoms with van der Waals surface area (Å²) in [5.41, 5.74) is 2.24. The molecule has 2 aromatic rings. The van der Waals surface area contributed by atoms with Crippen molar-refractivity contribution in [3.05, 3.63) is 48.3 Å². The average Bonchev–Trinajstić information content (AvgIpc) is 3.15. The van der Waals surface area contributed by atoms with Gasteiger partial charge in [-0.05, 0) is 18.1 Å². The minimum Gasteiger partial charge on any atom is -0.380 e. The normalized spacial score (nSPS) is 19.0. The van der Waals surface area contributed by atoms with E-state index in [2.05, 4.69) is 63.7 Å². The number of aryl methyl sites for hydroxylation is 1. The first-order valence-corrected chi connectivity index (χ1v) is 9.94. The number of hydrogen-bond donors (Lipinski definition) is 2. The fourth-order valence-electron chi connectivity index (χ4n) is 3.39. The smallest absolute Gasteiger partial charge is 0.193 e. The fourth-order valence-corrected chi connectivity index (χ4v) is 3.39. The van der Waals surface area contributed by atoms with Gasteiger partial charge in [0.15, 0.2) is 5.96 Å². The van der Waals surface area contributed by atoms with Crippen LogP contribution in [0.2, 0.25) is 0 Å². The van der Waals surface area contributed by atoms with Gasteiger partial charge in [0.2, 0.25) is 0 Å². The summed E-state index contributed by atoms with van der Waals surface area (Å²) in [6.07, 6.45) is 3.91. The highest BCUT2D eigenvalue weighted by atomic mass is 16.5. The zero-order chi connectivity index (χ0) is 19.9. The third-order valence-corrected chi connectivity index (χ3v) is 5.09. The molecule has 28 heavy (non-hydrogen) atoms. The Bertz CT molecular complexity index is 757. The zero-order valence-electron chi connectivity index (χ0n) is 17.3. The van der Waals surface area contributed by atoms with Gasteiger partial charge in [0.1, 0.15) is 6.10 Å². The molecule has 3 rings (SSSR count). The number of morpholine rings is 1. The summed E-state index contributed by atoms with van der Waals surface area (Å²) in [7, 11) is 3.77. The summed E-state index contributed by atoms with van der Waals surface area (Å²) in [5.74, 6) is 1.40. The summed E-state index contributed by atoms with van der Waals surface area (Å²) in [6, 6.07) is 10.6. The Labute approximate surface area is 167 Å². The first-order valence-electron chi connectivity index (χ1n) is 9.94. The second-order valence-corrected chi connectivity index (χ2v) is 7.54.